The molecule has 2 aromatic rings. The molecule has 156 valence electrons. The number of hydrogen-bond acceptors (Lipinski definition) is 8. The Morgan fingerprint density at radius 1 is 1.45 bits per heavy atom. The van der Waals surface area contributed by atoms with Crippen LogP contribution in [0.5, 0.6) is 0 Å². The molecule has 0 radical (unpaired) electrons. The first-order valence-corrected chi connectivity index (χ1v) is 12.6. The molecule has 29 heavy (non-hydrogen) atoms. The minimum Gasteiger partial charge on any atom is -0.335 e. The number of aromatic nitrogens is 1. The molecule has 0 bridgehead atoms. The summed E-state index contributed by atoms with van der Waals surface area (Å²) in [5.74, 6) is -0.393. The van der Waals surface area contributed by atoms with E-state index in [9.17, 15) is 23.3 Å². The molecule has 3 rings (SSSR count). The molecule has 0 aliphatic carbocycles. The predicted molar refractivity (Wildman–Crippen MR) is 112 cm³/mol. The Morgan fingerprint density at radius 3 is 2.76 bits per heavy atom. The second kappa shape index (κ2) is 8.80. The summed E-state index contributed by atoms with van der Waals surface area (Å²) >= 11 is 2.71. The Hall–Kier alpha value is -1.98. The van der Waals surface area contributed by atoms with Crippen molar-refractivity contribution in [1.82, 2.24) is 9.88 Å². The molecule has 11 heteroatoms. The third kappa shape index (κ3) is 5.14. The van der Waals surface area contributed by atoms with Crippen LogP contribution in [-0.2, 0) is 9.84 Å². The lowest BCUT2D eigenvalue weighted by molar-refractivity contribution is -0.384. The summed E-state index contributed by atoms with van der Waals surface area (Å²) in [7, 11) is -3.17. The Balaban J connectivity index is 1.99. The number of amides is 1. The first kappa shape index (κ1) is 21.7. The van der Waals surface area contributed by atoms with Gasteiger partial charge < -0.3 is 4.90 Å². The molecule has 0 saturated carbocycles. The van der Waals surface area contributed by atoms with Gasteiger partial charge in [0, 0.05) is 40.7 Å². The highest BCUT2D eigenvalue weighted by molar-refractivity contribution is 8.01. The van der Waals surface area contributed by atoms with Gasteiger partial charge in [0.2, 0.25) is 0 Å². The molecule has 1 aromatic carbocycles. The maximum Gasteiger partial charge on any atom is 0.270 e. The molecule has 1 atom stereocenters. The van der Waals surface area contributed by atoms with Crippen molar-refractivity contribution in [2.24, 2.45) is 0 Å². The molecule has 8 nitrogen and oxygen atoms in total. The summed E-state index contributed by atoms with van der Waals surface area (Å²) in [6.07, 6.45) is 1.04. The quantitative estimate of drug-likeness (QED) is 0.464. The van der Waals surface area contributed by atoms with E-state index in [0.717, 1.165) is 10.0 Å². The Labute approximate surface area is 177 Å². The third-order valence-electron chi connectivity index (χ3n) is 4.57. The standard InChI is InChI=1S/C18H21N3O5S3/c1-3-7-20(14-6-8-29(25,26)11-14)17(22)15-9-13(21(23)24)4-5-16(15)28-18-19-12(2)10-27-18/h4-5,9-10,14H,3,6-8,11H2,1-2H3. The van der Waals surface area contributed by atoms with Gasteiger partial charge in [-0.25, -0.2) is 13.4 Å². The summed E-state index contributed by atoms with van der Waals surface area (Å²) < 4.78 is 24.6. The van der Waals surface area contributed by atoms with E-state index >= 15 is 0 Å². The number of carbonyl (C=O) groups is 1. The molecular weight excluding hydrogens is 434 g/mol. The van der Waals surface area contributed by atoms with Crippen molar-refractivity contribution in [3.05, 3.63) is 45.0 Å². The molecule has 1 saturated heterocycles. The van der Waals surface area contributed by atoms with Gasteiger partial charge in [-0.05, 0) is 25.8 Å². The lowest BCUT2D eigenvalue weighted by Gasteiger charge is -2.28. The highest BCUT2D eigenvalue weighted by atomic mass is 32.2. The van der Waals surface area contributed by atoms with Crippen molar-refractivity contribution in [3.63, 3.8) is 0 Å². The van der Waals surface area contributed by atoms with E-state index in [1.54, 1.807) is 11.0 Å². The zero-order valence-corrected chi connectivity index (χ0v) is 18.5. The van der Waals surface area contributed by atoms with Crippen LogP contribution in [0.25, 0.3) is 0 Å². The fraction of sp³-hybridized carbons (Fsp3) is 0.444. The fourth-order valence-corrected chi connectivity index (χ4v) is 6.86. The molecule has 0 spiro atoms. The van der Waals surface area contributed by atoms with E-state index < -0.39 is 20.8 Å². The zero-order chi connectivity index (χ0) is 21.2. The number of thiazole rings is 1. The monoisotopic (exact) mass is 455 g/mol. The number of rotatable bonds is 7. The molecule has 1 unspecified atom stereocenters. The summed E-state index contributed by atoms with van der Waals surface area (Å²) in [5, 5.41) is 13.2. The van der Waals surface area contributed by atoms with Crippen molar-refractivity contribution in [2.45, 2.75) is 42.0 Å². The number of non-ortho nitro benzene ring substituents is 1. The summed E-state index contributed by atoms with van der Waals surface area (Å²) in [5.41, 5.74) is 0.884. The van der Waals surface area contributed by atoms with Crippen LogP contribution in [0.1, 0.15) is 35.8 Å². The fourth-order valence-electron chi connectivity index (χ4n) is 3.23. The molecule has 2 heterocycles. The number of nitro benzene ring substituents is 1. The van der Waals surface area contributed by atoms with Crippen LogP contribution in [0, 0.1) is 17.0 Å². The van der Waals surface area contributed by atoms with E-state index in [0.29, 0.717) is 24.3 Å². The average molecular weight is 456 g/mol. The summed E-state index contributed by atoms with van der Waals surface area (Å²) in [6, 6.07) is 3.79. The average Bonchev–Trinajstić information content (AvgIpc) is 3.23. The number of nitrogens with zero attached hydrogens (tertiary/aromatic N) is 3. The van der Waals surface area contributed by atoms with Crippen LogP contribution in [0.15, 0.2) is 32.8 Å². The van der Waals surface area contributed by atoms with E-state index in [2.05, 4.69) is 4.98 Å². The van der Waals surface area contributed by atoms with Crippen LogP contribution in [0.4, 0.5) is 5.69 Å². The highest BCUT2D eigenvalue weighted by Gasteiger charge is 2.35. The van der Waals surface area contributed by atoms with E-state index in [4.69, 9.17) is 0 Å². The van der Waals surface area contributed by atoms with Gasteiger partial charge in [0.1, 0.15) is 0 Å². The topological polar surface area (TPSA) is 110 Å². The van der Waals surface area contributed by atoms with Crippen molar-refractivity contribution >= 4 is 44.5 Å². The molecule has 1 aromatic heterocycles. The lowest BCUT2D eigenvalue weighted by atomic mass is 10.1. The molecule has 0 N–H and O–H groups in total. The third-order valence-corrected chi connectivity index (χ3v) is 8.46. The number of hydrogen-bond donors (Lipinski definition) is 0. The Morgan fingerprint density at radius 2 is 2.21 bits per heavy atom. The van der Waals surface area contributed by atoms with Gasteiger partial charge in [0.05, 0.1) is 22.0 Å². The maximum absolute atomic E-state index is 13.4. The van der Waals surface area contributed by atoms with Crippen LogP contribution in [0.2, 0.25) is 0 Å². The van der Waals surface area contributed by atoms with Crippen molar-refractivity contribution in [2.75, 3.05) is 18.1 Å². The van der Waals surface area contributed by atoms with Gasteiger partial charge in [0.15, 0.2) is 14.2 Å². The SMILES string of the molecule is CCCN(C(=O)c1cc([N+](=O)[O-])ccc1Sc1nc(C)cs1)C1CCS(=O)(=O)C1. The van der Waals surface area contributed by atoms with Gasteiger partial charge in [0.25, 0.3) is 11.6 Å². The molecule has 1 fully saturated rings. The van der Waals surface area contributed by atoms with Gasteiger partial charge in [-0.3, -0.25) is 14.9 Å². The van der Waals surface area contributed by atoms with Crippen molar-refractivity contribution in [3.8, 4) is 0 Å². The number of benzene rings is 1. The van der Waals surface area contributed by atoms with Crippen LogP contribution in [0.3, 0.4) is 0 Å². The van der Waals surface area contributed by atoms with Crippen molar-refractivity contribution < 1.29 is 18.1 Å². The molecule has 1 aliphatic heterocycles. The normalized spacial score (nSPS) is 17.9. The van der Waals surface area contributed by atoms with E-state index in [-0.39, 0.29) is 28.7 Å². The summed E-state index contributed by atoms with van der Waals surface area (Å²) in [4.78, 5) is 30.6. The predicted octanol–water partition coefficient (Wildman–Crippen LogP) is 3.55. The van der Waals surface area contributed by atoms with Gasteiger partial charge >= 0.3 is 0 Å². The van der Waals surface area contributed by atoms with Crippen LogP contribution >= 0.6 is 23.1 Å². The lowest BCUT2D eigenvalue weighted by Crippen LogP contribution is -2.41. The van der Waals surface area contributed by atoms with Crippen molar-refractivity contribution in [1.29, 1.82) is 0 Å². The van der Waals surface area contributed by atoms with E-state index in [1.165, 1.54) is 35.2 Å². The number of carbonyl (C=O) groups excluding carboxylic acids is 1. The van der Waals surface area contributed by atoms with Gasteiger partial charge in [-0.15, -0.1) is 11.3 Å². The minimum atomic E-state index is -3.17. The van der Waals surface area contributed by atoms with Crippen LogP contribution < -0.4 is 0 Å². The molecule has 1 aliphatic rings. The number of nitro groups is 1. The Bertz CT molecular complexity index is 1040. The smallest absolute Gasteiger partial charge is 0.270 e. The molecule has 1 amide bonds. The second-order valence-electron chi connectivity index (χ2n) is 6.85. The summed E-state index contributed by atoms with van der Waals surface area (Å²) in [6.45, 7) is 4.17. The second-order valence-corrected chi connectivity index (χ2v) is 11.2. The number of aryl methyl sites for hydroxylation is 1. The first-order chi connectivity index (χ1) is 13.7. The largest absolute Gasteiger partial charge is 0.335 e. The first-order valence-electron chi connectivity index (χ1n) is 9.10. The van der Waals surface area contributed by atoms with E-state index in [1.807, 2.05) is 19.2 Å². The highest BCUT2D eigenvalue weighted by Crippen LogP contribution is 2.35. The molecular formula is C18H21N3O5S3. The maximum atomic E-state index is 13.4. The Kier molecular flexibility index (Phi) is 6.59. The number of sulfone groups is 1. The zero-order valence-electron chi connectivity index (χ0n) is 16.0. The van der Waals surface area contributed by atoms with Crippen LogP contribution in [-0.4, -0.2) is 53.2 Å². The minimum absolute atomic E-state index is 0.0557. The van der Waals surface area contributed by atoms with Gasteiger partial charge in [-0.1, -0.05) is 18.7 Å². The van der Waals surface area contributed by atoms with Gasteiger partial charge in [-0.2, -0.15) is 0 Å².